The molecule has 2 heterocycles. The SMILES string of the molecule is CC(=O)O[C@@H]1C[C@H](C(=O)N[C@H](C)c2ccc(-c3scnc3C)cc2)N(C(=O)[C@H](NC(C)(C)C)C(C)(C)C)C1. The molecule has 0 unspecified atom stereocenters. The molecule has 38 heavy (non-hydrogen) atoms. The molecule has 2 N–H and O–H groups in total. The Hall–Kier alpha value is -2.78. The molecule has 1 fully saturated rings. The number of esters is 1. The van der Waals surface area contributed by atoms with Gasteiger partial charge in [-0.15, -0.1) is 11.3 Å². The standard InChI is InChI=1S/C29H42N4O4S/c1-17(20-10-12-21(13-11-20)24-18(2)30-16-38-24)31-26(35)23-14-22(37-19(3)34)15-33(23)27(36)25(28(4,5)6)32-29(7,8)9/h10-13,16-17,22-23,25,32H,14-15H2,1-9H3,(H,31,35)/t17-,22-,23-,25+/m1/s1. The van der Waals surface area contributed by atoms with Crippen LogP contribution in [0.15, 0.2) is 29.8 Å². The Morgan fingerprint density at radius 2 is 1.74 bits per heavy atom. The first-order valence-electron chi connectivity index (χ1n) is 13.1. The van der Waals surface area contributed by atoms with Crippen molar-refractivity contribution < 1.29 is 19.1 Å². The second kappa shape index (κ2) is 11.5. The number of rotatable bonds is 7. The molecule has 0 spiro atoms. The van der Waals surface area contributed by atoms with Gasteiger partial charge in [0.05, 0.1) is 34.7 Å². The number of ether oxygens (including phenoxy) is 1. The number of amides is 2. The van der Waals surface area contributed by atoms with Crippen LogP contribution >= 0.6 is 11.3 Å². The molecular weight excluding hydrogens is 500 g/mol. The molecule has 1 aliphatic heterocycles. The van der Waals surface area contributed by atoms with Crippen molar-refractivity contribution >= 4 is 29.1 Å². The minimum Gasteiger partial charge on any atom is -0.461 e. The van der Waals surface area contributed by atoms with E-state index in [0.717, 1.165) is 21.7 Å². The Balaban J connectivity index is 1.80. The average Bonchev–Trinajstić information content (AvgIpc) is 3.41. The van der Waals surface area contributed by atoms with Crippen molar-refractivity contribution in [1.82, 2.24) is 20.5 Å². The first kappa shape index (κ1) is 29.8. The van der Waals surface area contributed by atoms with Gasteiger partial charge >= 0.3 is 5.97 Å². The molecule has 2 amide bonds. The fourth-order valence-corrected chi connectivity index (χ4v) is 5.56. The van der Waals surface area contributed by atoms with Gasteiger partial charge in [0, 0.05) is 18.9 Å². The summed E-state index contributed by atoms with van der Waals surface area (Å²) in [6, 6.07) is 6.55. The van der Waals surface area contributed by atoms with Crippen molar-refractivity contribution in [2.75, 3.05) is 6.54 Å². The number of carbonyl (C=O) groups is 3. The van der Waals surface area contributed by atoms with Crippen molar-refractivity contribution in [3.05, 3.63) is 41.0 Å². The predicted octanol–water partition coefficient (Wildman–Crippen LogP) is 4.63. The lowest BCUT2D eigenvalue weighted by atomic mass is 9.84. The molecule has 9 heteroatoms. The molecular formula is C29H42N4O4S. The van der Waals surface area contributed by atoms with Gasteiger partial charge in [0.15, 0.2) is 0 Å². The Morgan fingerprint density at radius 3 is 2.24 bits per heavy atom. The van der Waals surface area contributed by atoms with E-state index < -0.39 is 29.6 Å². The quantitative estimate of drug-likeness (QED) is 0.495. The molecule has 0 bridgehead atoms. The van der Waals surface area contributed by atoms with Gasteiger partial charge in [-0.1, -0.05) is 45.0 Å². The Morgan fingerprint density at radius 1 is 1.11 bits per heavy atom. The van der Waals surface area contributed by atoms with E-state index in [-0.39, 0.29) is 36.4 Å². The molecule has 1 saturated heterocycles. The predicted molar refractivity (Wildman–Crippen MR) is 151 cm³/mol. The zero-order chi connectivity index (χ0) is 28.4. The van der Waals surface area contributed by atoms with Crippen LogP contribution in [0.2, 0.25) is 0 Å². The molecule has 208 valence electrons. The van der Waals surface area contributed by atoms with Crippen molar-refractivity contribution in [2.24, 2.45) is 5.41 Å². The largest absolute Gasteiger partial charge is 0.461 e. The zero-order valence-corrected chi connectivity index (χ0v) is 24.9. The number of nitrogens with one attached hydrogen (secondary N) is 2. The molecule has 1 aromatic heterocycles. The van der Waals surface area contributed by atoms with Gasteiger partial charge < -0.3 is 20.3 Å². The number of hydrogen-bond acceptors (Lipinski definition) is 7. The fraction of sp³-hybridized carbons (Fsp3) is 0.586. The second-order valence-corrected chi connectivity index (χ2v) is 13.1. The van der Waals surface area contributed by atoms with E-state index in [1.54, 1.807) is 16.2 Å². The molecule has 0 saturated carbocycles. The summed E-state index contributed by atoms with van der Waals surface area (Å²) in [5.41, 5.74) is 4.17. The first-order valence-corrected chi connectivity index (χ1v) is 14.0. The van der Waals surface area contributed by atoms with Gasteiger partial charge in [-0.25, -0.2) is 4.98 Å². The lowest BCUT2D eigenvalue weighted by Crippen LogP contribution is -2.60. The van der Waals surface area contributed by atoms with Crippen LogP contribution in [0, 0.1) is 12.3 Å². The minimum absolute atomic E-state index is 0.167. The van der Waals surface area contributed by atoms with E-state index in [4.69, 9.17) is 4.74 Å². The van der Waals surface area contributed by atoms with Gasteiger partial charge in [-0.2, -0.15) is 0 Å². The monoisotopic (exact) mass is 542 g/mol. The van der Waals surface area contributed by atoms with Gasteiger partial charge in [-0.3, -0.25) is 14.4 Å². The number of nitrogens with zero attached hydrogens (tertiary/aromatic N) is 2. The van der Waals surface area contributed by atoms with E-state index in [1.807, 2.05) is 85.2 Å². The third kappa shape index (κ3) is 7.41. The highest BCUT2D eigenvalue weighted by Crippen LogP contribution is 2.30. The summed E-state index contributed by atoms with van der Waals surface area (Å²) in [5, 5.41) is 6.53. The van der Waals surface area contributed by atoms with Gasteiger partial charge in [0.2, 0.25) is 11.8 Å². The summed E-state index contributed by atoms with van der Waals surface area (Å²) < 4.78 is 5.45. The van der Waals surface area contributed by atoms with Crippen LogP contribution < -0.4 is 10.6 Å². The van der Waals surface area contributed by atoms with E-state index in [1.165, 1.54) is 6.92 Å². The van der Waals surface area contributed by atoms with Crippen molar-refractivity contribution in [3.8, 4) is 10.4 Å². The lowest BCUT2D eigenvalue weighted by Gasteiger charge is -2.39. The number of aromatic nitrogens is 1. The van der Waals surface area contributed by atoms with E-state index in [2.05, 4.69) is 15.6 Å². The summed E-state index contributed by atoms with van der Waals surface area (Å²) >= 11 is 1.60. The van der Waals surface area contributed by atoms with Gasteiger partial charge in [0.25, 0.3) is 0 Å². The average molecular weight is 543 g/mol. The van der Waals surface area contributed by atoms with Crippen LogP contribution in [0.1, 0.15) is 79.1 Å². The molecule has 8 nitrogen and oxygen atoms in total. The first-order chi connectivity index (χ1) is 17.6. The van der Waals surface area contributed by atoms with E-state index in [0.29, 0.717) is 0 Å². The molecule has 0 aliphatic carbocycles. The summed E-state index contributed by atoms with van der Waals surface area (Å²) in [4.78, 5) is 46.2. The van der Waals surface area contributed by atoms with Crippen LogP contribution in [0.3, 0.4) is 0 Å². The number of carbonyl (C=O) groups excluding carboxylic acids is 3. The number of benzene rings is 1. The van der Waals surface area contributed by atoms with Gasteiger partial charge in [0.1, 0.15) is 12.1 Å². The van der Waals surface area contributed by atoms with E-state index in [9.17, 15) is 14.4 Å². The Bertz CT molecular complexity index is 1150. The number of aryl methyl sites for hydroxylation is 1. The molecule has 4 atom stereocenters. The normalized spacial score (nSPS) is 19.7. The summed E-state index contributed by atoms with van der Waals surface area (Å²) in [6.45, 7) is 17.5. The van der Waals surface area contributed by atoms with Crippen LogP contribution in [-0.4, -0.2) is 57.9 Å². The molecule has 1 aromatic carbocycles. The smallest absolute Gasteiger partial charge is 0.302 e. The molecule has 3 rings (SSSR count). The summed E-state index contributed by atoms with van der Waals surface area (Å²) in [6.07, 6.45) is -0.264. The second-order valence-electron chi connectivity index (χ2n) is 12.3. The molecule has 2 aromatic rings. The van der Waals surface area contributed by atoms with Crippen molar-refractivity contribution in [1.29, 1.82) is 0 Å². The van der Waals surface area contributed by atoms with Crippen LogP contribution in [0.5, 0.6) is 0 Å². The maximum absolute atomic E-state index is 13.9. The van der Waals surface area contributed by atoms with Crippen LogP contribution in [0.4, 0.5) is 0 Å². The van der Waals surface area contributed by atoms with Crippen molar-refractivity contribution in [3.63, 3.8) is 0 Å². The lowest BCUT2D eigenvalue weighted by molar-refractivity contribution is -0.147. The highest BCUT2D eigenvalue weighted by atomic mass is 32.1. The molecule has 0 radical (unpaired) electrons. The highest BCUT2D eigenvalue weighted by molar-refractivity contribution is 7.13. The number of thiazole rings is 1. The number of hydrogen-bond donors (Lipinski definition) is 2. The fourth-order valence-electron chi connectivity index (χ4n) is 4.75. The Kier molecular flexibility index (Phi) is 9.04. The third-order valence-electron chi connectivity index (χ3n) is 6.65. The maximum atomic E-state index is 13.9. The summed E-state index contributed by atoms with van der Waals surface area (Å²) in [7, 11) is 0. The highest BCUT2D eigenvalue weighted by Gasteiger charge is 2.46. The molecule has 1 aliphatic rings. The Labute approximate surface area is 230 Å². The minimum atomic E-state index is -0.736. The van der Waals surface area contributed by atoms with Crippen LogP contribution in [-0.2, 0) is 19.1 Å². The topological polar surface area (TPSA) is 101 Å². The van der Waals surface area contributed by atoms with E-state index >= 15 is 0 Å². The zero-order valence-electron chi connectivity index (χ0n) is 24.0. The summed E-state index contributed by atoms with van der Waals surface area (Å²) in [5.74, 6) is -0.848. The van der Waals surface area contributed by atoms with Gasteiger partial charge in [-0.05, 0) is 51.2 Å². The maximum Gasteiger partial charge on any atom is 0.302 e. The van der Waals surface area contributed by atoms with Crippen LogP contribution in [0.25, 0.3) is 10.4 Å². The van der Waals surface area contributed by atoms with Crippen molar-refractivity contribution in [2.45, 2.75) is 98.5 Å². The third-order valence-corrected chi connectivity index (χ3v) is 7.63. The number of likely N-dealkylation sites (tertiary alicyclic amines) is 1.